The fraction of sp³-hybridized carbons (Fsp3) is 0.0270. The minimum atomic E-state index is -4.83. The van der Waals surface area contributed by atoms with Crippen molar-refractivity contribution in [3.05, 3.63) is 133 Å². The average Bonchev–Trinajstić information content (AvgIpc) is 3.10. The SMILES string of the molecule is Cc1ccc(Nc2ccc(N=Nc3ccc(N=Nc4cccc5cc(S(=O)(=O)[O-])ccc45)c4ccccc34)c3cccc(S(=O)(=O)[O-])c23)cc1.[Na+].[Na+]. The van der Waals surface area contributed by atoms with Gasteiger partial charge in [0.2, 0.25) is 0 Å². The van der Waals surface area contributed by atoms with Gasteiger partial charge in [0, 0.05) is 38.3 Å². The maximum Gasteiger partial charge on any atom is 1.00 e. The number of rotatable bonds is 8. The molecule has 0 heterocycles. The van der Waals surface area contributed by atoms with Crippen LogP contribution in [0.4, 0.5) is 34.1 Å². The summed E-state index contributed by atoms with van der Waals surface area (Å²) in [6, 6.07) is 35.5. The van der Waals surface area contributed by atoms with Crippen molar-refractivity contribution in [1.29, 1.82) is 0 Å². The summed E-state index contributed by atoms with van der Waals surface area (Å²) in [5.41, 5.74) is 4.10. The number of nitrogens with one attached hydrogen (secondary N) is 1. The van der Waals surface area contributed by atoms with E-state index in [0.717, 1.165) is 22.0 Å². The maximum atomic E-state index is 12.3. The number of azo groups is 2. The van der Waals surface area contributed by atoms with Crippen LogP contribution in [0.25, 0.3) is 32.3 Å². The molecule has 11 nitrogen and oxygen atoms in total. The van der Waals surface area contributed by atoms with Crippen LogP contribution < -0.4 is 64.4 Å². The van der Waals surface area contributed by atoms with Gasteiger partial charge in [-0.25, -0.2) is 16.8 Å². The van der Waals surface area contributed by atoms with Crippen molar-refractivity contribution in [2.75, 3.05) is 5.32 Å². The molecule has 0 spiro atoms. The summed E-state index contributed by atoms with van der Waals surface area (Å²) in [6.07, 6.45) is 0. The van der Waals surface area contributed by atoms with E-state index in [9.17, 15) is 25.9 Å². The van der Waals surface area contributed by atoms with Crippen LogP contribution >= 0.6 is 0 Å². The van der Waals surface area contributed by atoms with Crippen molar-refractivity contribution in [1.82, 2.24) is 0 Å². The Morgan fingerprint density at radius 2 is 1.06 bits per heavy atom. The molecule has 0 aliphatic carbocycles. The number of aryl methyl sites for hydroxylation is 1. The van der Waals surface area contributed by atoms with Gasteiger partial charge in [-0.1, -0.05) is 72.3 Å². The molecule has 0 saturated heterocycles. The zero-order valence-electron chi connectivity index (χ0n) is 28.2. The molecule has 7 aromatic rings. The Kier molecular flexibility index (Phi) is 12.1. The molecule has 0 fully saturated rings. The number of fused-ring (bicyclic) bond motifs is 3. The van der Waals surface area contributed by atoms with Crippen LogP contribution in [0, 0.1) is 6.92 Å². The molecule has 0 amide bonds. The van der Waals surface area contributed by atoms with Gasteiger partial charge in [0.1, 0.15) is 20.2 Å². The third-order valence-corrected chi connectivity index (χ3v) is 9.82. The second-order valence-corrected chi connectivity index (χ2v) is 14.1. The topological polar surface area (TPSA) is 176 Å². The third-order valence-electron chi connectivity index (χ3n) is 8.11. The van der Waals surface area contributed by atoms with E-state index in [0.29, 0.717) is 44.6 Å². The standard InChI is InChI=1S/C37H27N5O6S2.2Na/c1-23-12-14-25(15-13-23)38-35-21-20-34(30-9-5-11-36(37(30)35)50(46,47)48)42-41-33-19-18-32(28-7-2-3-8-29(28)33)40-39-31-10-4-6-24-22-26(49(43,44)45)16-17-27(24)31;;/h2-22,38H,1H3,(H,43,44,45)(H,46,47,48);;/q;2*+1/p-2. The Morgan fingerprint density at radius 1 is 0.519 bits per heavy atom. The molecule has 52 heavy (non-hydrogen) atoms. The smallest absolute Gasteiger partial charge is 0.744 e. The maximum absolute atomic E-state index is 12.3. The monoisotopic (exact) mass is 745 g/mol. The van der Waals surface area contributed by atoms with Crippen molar-refractivity contribution in [2.45, 2.75) is 16.7 Å². The first-order valence-corrected chi connectivity index (χ1v) is 18.0. The number of benzene rings is 7. The van der Waals surface area contributed by atoms with Gasteiger partial charge in [0.15, 0.2) is 0 Å². The normalized spacial score (nSPS) is 12.0. The van der Waals surface area contributed by atoms with E-state index in [1.807, 2.05) is 55.5 Å². The molecule has 248 valence electrons. The Balaban J connectivity index is 0.00000261. The fourth-order valence-corrected chi connectivity index (χ4v) is 6.92. The molecule has 7 rings (SSSR count). The van der Waals surface area contributed by atoms with Crippen LogP contribution in [0.5, 0.6) is 0 Å². The molecule has 15 heteroatoms. The van der Waals surface area contributed by atoms with E-state index < -0.39 is 20.2 Å². The predicted octanol–water partition coefficient (Wildman–Crippen LogP) is 3.85. The van der Waals surface area contributed by atoms with Crippen molar-refractivity contribution >= 4 is 86.7 Å². The van der Waals surface area contributed by atoms with Gasteiger partial charge >= 0.3 is 59.1 Å². The van der Waals surface area contributed by atoms with Crippen molar-refractivity contribution in [2.24, 2.45) is 20.5 Å². The quantitative estimate of drug-likeness (QED) is 0.140. The molecule has 0 aliphatic heterocycles. The van der Waals surface area contributed by atoms with E-state index >= 15 is 0 Å². The largest absolute Gasteiger partial charge is 1.00 e. The molecular weight excluding hydrogens is 721 g/mol. The first kappa shape index (κ1) is 39.3. The Labute approximate surface area is 344 Å². The number of anilines is 2. The van der Waals surface area contributed by atoms with Gasteiger partial charge in [0.05, 0.1) is 32.5 Å². The second-order valence-electron chi connectivity index (χ2n) is 11.4. The zero-order chi connectivity index (χ0) is 35.0. The minimum absolute atomic E-state index is 0. The first-order valence-electron chi connectivity index (χ1n) is 15.1. The summed E-state index contributed by atoms with van der Waals surface area (Å²) >= 11 is 0. The fourth-order valence-electron chi connectivity index (χ4n) is 5.69. The van der Waals surface area contributed by atoms with Gasteiger partial charge in [-0.15, -0.1) is 20.5 Å². The van der Waals surface area contributed by atoms with Crippen LogP contribution in [0.1, 0.15) is 5.56 Å². The van der Waals surface area contributed by atoms with E-state index in [1.54, 1.807) is 48.5 Å². The van der Waals surface area contributed by atoms with Crippen LogP contribution in [0.3, 0.4) is 0 Å². The van der Waals surface area contributed by atoms with E-state index in [-0.39, 0.29) is 74.3 Å². The summed E-state index contributed by atoms with van der Waals surface area (Å²) in [5, 5.41) is 24.4. The Morgan fingerprint density at radius 3 is 1.65 bits per heavy atom. The van der Waals surface area contributed by atoms with Gasteiger partial charge in [0.25, 0.3) is 0 Å². The van der Waals surface area contributed by atoms with Crippen LogP contribution in [0.15, 0.2) is 158 Å². The van der Waals surface area contributed by atoms with Crippen molar-refractivity contribution in [3.63, 3.8) is 0 Å². The van der Waals surface area contributed by atoms with Gasteiger partial charge in [-0.3, -0.25) is 0 Å². The third kappa shape index (κ3) is 8.35. The van der Waals surface area contributed by atoms with Crippen LogP contribution in [-0.4, -0.2) is 25.9 Å². The molecule has 1 N–H and O–H groups in total. The van der Waals surface area contributed by atoms with Crippen LogP contribution in [0.2, 0.25) is 0 Å². The van der Waals surface area contributed by atoms with Gasteiger partial charge in [-0.05, 0) is 73.0 Å². The summed E-state index contributed by atoms with van der Waals surface area (Å²) in [6.45, 7) is 1.96. The summed E-state index contributed by atoms with van der Waals surface area (Å²) in [7, 11) is -9.44. The van der Waals surface area contributed by atoms with Crippen LogP contribution in [-0.2, 0) is 20.2 Å². The molecular formula is C37H25N5Na2O6S2. The summed E-state index contributed by atoms with van der Waals surface area (Å²) in [4.78, 5) is -0.697. The molecule has 0 saturated carbocycles. The zero-order valence-corrected chi connectivity index (χ0v) is 33.8. The van der Waals surface area contributed by atoms with E-state index in [4.69, 9.17) is 0 Å². The van der Waals surface area contributed by atoms with E-state index in [2.05, 4.69) is 25.8 Å². The molecule has 7 aromatic carbocycles. The predicted molar refractivity (Wildman–Crippen MR) is 191 cm³/mol. The van der Waals surface area contributed by atoms with Gasteiger partial charge in [-0.2, -0.15) is 0 Å². The molecule has 0 aliphatic rings. The van der Waals surface area contributed by atoms with Crippen molar-refractivity contribution < 1.29 is 85.1 Å². The second kappa shape index (κ2) is 16.0. The first-order chi connectivity index (χ1) is 24.0. The summed E-state index contributed by atoms with van der Waals surface area (Å²) in [5.74, 6) is 0. The average molecular weight is 746 g/mol. The minimum Gasteiger partial charge on any atom is -0.744 e. The number of hydrogen-bond donors (Lipinski definition) is 1. The summed E-state index contributed by atoms with van der Waals surface area (Å²) < 4.78 is 71.5. The molecule has 0 atom stereocenters. The molecule has 0 unspecified atom stereocenters. The molecule has 0 radical (unpaired) electrons. The van der Waals surface area contributed by atoms with Crippen molar-refractivity contribution in [3.8, 4) is 0 Å². The number of nitrogens with zero attached hydrogens (tertiary/aromatic N) is 4. The Hall–Kier alpha value is -3.86. The van der Waals surface area contributed by atoms with Gasteiger partial charge < -0.3 is 14.4 Å². The molecule has 0 bridgehead atoms. The number of hydrogen-bond acceptors (Lipinski definition) is 11. The molecule has 0 aromatic heterocycles. The van der Waals surface area contributed by atoms with E-state index in [1.165, 1.54) is 30.3 Å². The Bertz CT molecular complexity index is 2760.